The van der Waals surface area contributed by atoms with E-state index >= 15 is 0 Å². The van der Waals surface area contributed by atoms with Crippen molar-refractivity contribution in [2.45, 2.75) is 45.4 Å². The van der Waals surface area contributed by atoms with E-state index in [4.69, 9.17) is 12.6 Å². The molecule has 0 bridgehead atoms. The summed E-state index contributed by atoms with van der Waals surface area (Å²) in [7, 11) is 0. The molecule has 0 saturated heterocycles. The van der Waals surface area contributed by atoms with E-state index < -0.39 is 0 Å². The number of para-hydroxylation sites is 1. The fraction of sp³-hybridized carbons (Fsp3) is 0.667. The minimum absolute atomic E-state index is 0.450. The van der Waals surface area contributed by atoms with Crippen LogP contribution in [0.1, 0.15) is 44.6 Å². The molecule has 1 fully saturated rings. The molecular formula is C18H27NS. The van der Waals surface area contributed by atoms with Gasteiger partial charge in [-0.2, -0.15) is 12.6 Å². The number of thiol groups is 1. The number of hydrogen-bond donors (Lipinski definition) is 1. The number of fused-ring (bicyclic) bond motifs is 1. The third kappa shape index (κ3) is 2.86. The highest BCUT2D eigenvalue weighted by Gasteiger charge is 2.34. The molecule has 0 radical (unpaired) electrons. The van der Waals surface area contributed by atoms with Crippen LogP contribution >= 0.6 is 12.6 Å². The Hall–Kier alpha value is -0.630. The summed E-state index contributed by atoms with van der Waals surface area (Å²) in [4.78, 5) is 2.66. The maximum Gasteiger partial charge on any atom is 0.0399 e. The molecule has 2 aliphatic rings. The van der Waals surface area contributed by atoms with E-state index in [0.29, 0.717) is 5.41 Å². The zero-order valence-corrected chi connectivity index (χ0v) is 13.5. The van der Waals surface area contributed by atoms with Crippen molar-refractivity contribution in [3.63, 3.8) is 0 Å². The molecule has 1 aromatic rings. The second kappa shape index (κ2) is 6.01. The third-order valence-electron chi connectivity index (χ3n) is 5.21. The zero-order valence-electron chi connectivity index (χ0n) is 12.6. The van der Waals surface area contributed by atoms with E-state index in [0.717, 1.165) is 11.7 Å². The van der Waals surface area contributed by atoms with Crippen LogP contribution in [0.25, 0.3) is 0 Å². The van der Waals surface area contributed by atoms with E-state index in [1.807, 2.05) is 0 Å². The van der Waals surface area contributed by atoms with E-state index in [1.54, 1.807) is 0 Å². The summed E-state index contributed by atoms with van der Waals surface area (Å²) in [5.41, 5.74) is 3.47. The van der Waals surface area contributed by atoms with Crippen molar-refractivity contribution in [2.75, 3.05) is 23.7 Å². The van der Waals surface area contributed by atoms with E-state index in [-0.39, 0.29) is 0 Å². The average molecular weight is 289 g/mol. The summed E-state index contributed by atoms with van der Waals surface area (Å²) >= 11 is 4.71. The van der Waals surface area contributed by atoms with Crippen LogP contribution in [0, 0.1) is 11.3 Å². The molecule has 2 heteroatoms. The molecule has 1 aliphatic carbocycles. The molecule has 20 heavy (non-hydrogen) atoms. The minimum Gasteiger partial charge on any atom is -0.370 e. The van der Waals surface area contributed by atoms with Gasteiger partial charge in [0.05, 0.1) is 0 Å². The van der Waals surface area contributed by atoms with Crippen molar-refractivity contribution in [1.29, 1.82) is 0 Å². The van der Waals surface area contributed by atoms with Gasteiger partial charge in [-0.1, -0.05) is 44.4 Å². The van der Waals surface area contributed by atoms with Gasteiger partial charge in [-0.25, -0.2) is 0 Å². The normalized spacial score (nSPS) is 25.3. The maximum atomic E-state index is 4.71. The Morgan fingerprint density at radius 2 is 1.95 bits per heavy atom. The Morgan fingerprint density at radius 1 is 1.20 bits per heavy atom. The molecule has 1 atom stereocenters. The van der Waals surface area contributed by atoms with Crippen LogP contribution in [0.2, 0.25) is 0 Å². The highest BCUT2D eigenvalue weighted by molar-refractivity contribution is 7.80. The first-order valence-electron chi connectivity index (χ1n) is 8.16. The molecule has 0 amide bonds. The molecule has 1 aromatic carbocycles. The van der Waals surface area contributed by atoms with Gasteiger partial charge in [-0.15, -0.1) is 0 Å². The van der Waals surface area contributed by atoms with Crippen LogP contribution in [-0.2, 0) is 6.42 Å². The zero-order chi connectivity index (χ0) is 14.0. The van der Waals surface area contributed by atoms with Crippen molar-refractivity contribution >= 4 is 18.3 Å². The van der Waals surface area contributed by atoms with Crippen LogP contribution in [0.3, 0.4) is 0 Å². The van der Waals surface area contributed by atoms with E-state index in [1.165, 1.54) is 62.9 Å². The topological polar surface area (TPSA) is 3.24 Å². The predicted octanol–water partition coefficient (Wildman–Crippen LogP) is 4.57. The van der Waals surface area contributed by atoms with Crippen LogP contribution in [0.5, 0.6) is 0 Å². The summed E-state index contributed by atoms with van der Waals surface area (Å²) in [5, 5.41) is 0. The maximum absolute atomic E-state index is 4.71. The van der Waals surface area contributed by atoms with Crippen molar-refractivity contribution in [1.82, 2.24) is 0 Å². The number of anilines is 1. The SMILES string of the molecule is CC1Cc2ccccc2N(CC2(CS)CCCCC2)C1. The third-order valence-corrected chi connectivity index (χ3v) is 5.88. The predicted molar refractivity (Wildman–Crippen MR) is 90.9 cm³/mol. The van der Waals surface area contributed by atoms with Gasteiger partial charge in [-0.3, -0.25) is 0 Å². The molecular weight excluding hydrogens is 262 g/mol. The Balaban J connectivity index is 1.83. The van der Waals surface area contributed by atoms with Crippen molar-refractivity contribution in [2.24, 2.45) is 11.3 Å². The van der Waals surface area contributed by atoms with Crippen molar-refractivity contribution in [3.05, 3.63) is 29.8 Å². The van der Waals surface area contributed by atoms with E-state index in [2.05, 4.69) is 36.1 Å². The molecule has 1 aliphatic heterocycles. The first-order valence-corrected chi connectivity index (χ1v) is 8.79. The lowest BCUT2D eigenvalue weighted by Gasteiger charge is -2.44. The molecule has 0 aromatic heterocycles. The van der Waals surface area contributed by atoms with Crippen LogP contribution in [0.15, 0.2) is 24.3 Å². The molecule has 1 heterocycles. The molecule has 1 nitrogen and oxygen atoms in total. The largest absolute Gasteiger partial charge is 0.370 e. The monoisotopic (exact) mass is 289 g/mol. The van der Waals surface area contributed by atoms with Crippen LogP contribution < -0.4 is 4.90 Å². The van der Waals surface area contributed by atoms with Crippen molar-refractivity contribution < 1.29 is 0 Å². The highest BCUT2D eigenvalue weighted by atomic mass is 32.1. The van der Waals surface area contributed by atoms with Gasteiger partial charge in [0, 0.05) is 18.8 Å². The number of hydrogen-bond acceptors (Lipinski definition) is 2. The second-order valence-electron chi connectivity index (χ2n) is 7.04. The quantitative estimate of drug-likeness (QED) is 0.798. The molecule has 0 spiro atoms. The van der Waals surface area contributed by atoms with Gasteiger partial charge in [0.2, 0.25) is 0 Å². The summed E-state index contributed by atoms with van der Waals surface area (Å²) in [5.74, 6) is 1.81. The molecule has 1 saturated carbocycles. The van der Waals surface area contributed by atoms with Crippen LogP contribution in [-0.4, -0.2) is 18.8 Å². The van der Waals surface area contributed by atoms with Gasteiger partial charge in [0.25, 0.3) is 0 Å². The van der Waals surface area contributed by atoms with Crippen molar-refractivity contribution in [3.8, 4) is 0 Å². The number of nitrogens with zero attached hydrogens (tertiary/aromatic N) is 1. The summed E-state index contributed by atoms with van der Waals surface area (Å²) in [6.45, 7) is 4.81. The Kier molecular flexibility index (Phi) is 4.30. The Labute approximate surface area is 129 Å². The minimum atomic E-state index is 0.450. The fourth-order valence-electron chi connectivity index (χ4n) is 4.13. The first-order chi connectivity index (χ1) is 9.72. The van der Waals surface area contributed by atoms with Gasteiger partial charge in [0.15, 0.2) is 0 Å². The van der Waals surface area contributed by atoms with Gasteiger partial charge >= 0.3 is 0 Å². The number of rotatable bonds is 3. The Morgan fingerprint density at radius 3 is 2.70 bits per heavy atom. The lowest BCUT2D eigenvalue weighted by Crippen LogP contribution is -2.44. The lowest BCUT2D eigenvalue weighted by atomic mass is 9.74. The summed E-state index contributed by atoms with van der Waals surface area (Å²) in [6.07, 6.45) is 8.17. The molecule has 110 valence electrons. The van der Waals surface area contributed by atoms with E-state index in [9.17, 15) is 0 Å². The molecule has 0 N–H and O–H groups in total. The molecule has 3 rings (SSSR count). The number of benzene rings is 1. The van der Waals surface area contributed by atoms with Crippen LogP contribution in [0.4, 0.5) is 5.69 Å². The average Bonchev–Trinajstić information content (AvgIpc) is 2.48. The summed E-state index contributed by atoms with van der Waals surface area (Å²) in [6, 6.07) is 9.00. The fourth-order valence-corrected chi connectivity index (χ4v) is 4.55. The van der Waals surface area contributed by atoms with Gasteiger partial charge in [0.1, 0.15) is 0 Å². The standard InChI is InChI=1S/C18H27NS/c1-15-11-16-7-3-4-8-17(16)19(12-15)13-18(14-20)9-5-2-6-10-18/h3-4,7-8,15,20H,2,5-6,9-14H2,1H3. The lowest BCUT2D eigenvalue weighted by molar-refractivity contribution is 0.224. The Bertz CT molecular complexity index is 450. The van der Waals surface area contributed by atoms with Gasteiger partial charge < -0.3 is 4.90 Å². The molecule has 1 unspecified atom stereocenters. The van der Waals surface area contributed by atoms with Gasteiger partial charge in [-0.05, 0) is 48.0 Å². The second-order valence-corrected chi connectivity index (χ2v) is 7.35. The first kappa shape index (κ1) is 14.3. The summed E-state index contributed by atoms with van der Waals surface area (Å²) < 4.78 is 0. The smallest absolute Gasteiger partial charge is 0.0399 e. The highest BCUT2D eigenvalue weighted by Crippen LogP contribution is 2.40.